The molecule has 0 saturated heterocycles. The number of amides is 1. The molecule has 0 aromatic carbocycles. The highest BCUT2D eigenvalue weighted by Gasteiger charge is 2.10. The van der Waals surface area contributed by atoms with Crippen LogP contribution in [0.1, 0.15) is 16.1 Å². The second-order valence-corrected chi connectivity index (χ2v) is 4.61. The van der Waals surface area contributed by atoms with Gasteiger partial charge < -0.3 is 9.73 Å². The Morgan fingerprint density at radius 3 is 2.88 bits per heavy atom. The molecular weight excluding hydrogens is 307 g/mol. The Balaban J connectivity index is 2.15. The van der Waals surface area contributed by atoms with Crippen molar-refractivity contribution in [2.45, 2.75) is 6.92 Å². The molecule has 2 heterocycles. The van der Waals surface area contributed by atoms with Gasteiger partial charge in [0.15, 0.2) is 0 Å². The Morgan fingerprint density at radius 2 is 2.29 bits per heavy atom. The lowest BCUT2D eigenvalue weighted by Crippen LogP contribution is -2.11. The average molecular weight is 316 g/mol. The predicted molar refractivity (Wildman–Crippen MR) is 68.3 cm³/mol. The molecule has 0 atom stereocenters. The molecule has 6 heteroatoms. The summed E-state index contributed by atoms with van der Waals surface area (Å²) in [6.07, 6.45) is 2.89. The molecular formula is C11H8BrClN2O2. The van der Waals surface area contributed by atoms with E-state index >= 15 is 0 Å². The van der Waals surface area contributed by atoms with Gasteiger partial charge in [-0.1, -0.05) is 11.6 Å². The number of pyridine rings is 1. The zero-order valence-electron chi connectivity index (χ0n) is 8.83. The number of hydrogen-bond donors (Lipinski definition) is 1. The van der Waals surface area contributed by atoms with E-state index in [1.807, 2.05) is 0 Å². The van der Waals surface area contributed by atoms with Gasteiger partial charge in [0.25, 0.3) is 5.91 Å². The molecule has 2 aromatic heterocycles. The Morgan fingerprint density at radius 1 is 1.53 bits per heavy atom. The van der Waals surface area contributed by atoms with Crippen LogP contribution in [0.15, 0.2) is 33.5 Å². The van der Waals surface area contributed by atoms with Crippen molar-refractivity contribution in [1.29, 1.82) is 0 Å². The molecule has 0 spiro atoms. The number of rotatable bonds is 2. The van der Waals surface area contributed by atoms with Crippen molar-refractivity contribution in [1.82, 2.24) is 4.98 Å². The van der Waals surface area contributed by atoms with Crippen LogP contribution in [0.25, 0.3) is 0 Å². The Kier molecular flexibility index (Phi) is 3.49. The van der Waals surface area contributed by atoms with E-state index in [0.29, 0.717) is 26.6 Å². The van der Waals surface area contributed by atoms with Gasteiger partial charge in [-0.15, -0.1) is 0 Å². The maximum absolute atomic E-state index is 11.8. The van der Waals surface area contributed by atoms with Gasteiger partial charge >= 0.3 is 0 Å². The third kappa shape index (κ3) is 2.87. The number of anilines is 1. The zero-order valence-corrected chi connectivity index (χ0v) is 11.2. The lowest BCUT2D eigenvalue weighted by atomic mass is 10.3. The first-order chi connectivity index (χ1) is 8.06. The largest absolute Gasteiger partial charge is 0.469 e. The van der Waals surface area contributed by atoms with Crippen LogP contribution in [0.2, 0.25) is 5.15 Å². The molecule has 0 aliphatic heterocycles. The van der Waals surface area contributed by atoms with E-state index in [2.05, 4.69) is 26.2 Å². The summed E-state index contributed by atoms with van der Waals surface area (Å²) < 4.78 is 5.68. The molecule has 4 nitrogen and oxygen atoms in total. The summed E-state index contributed by atoms with van der Waals surface area (Å²) in [5.74, 6) is 0.434. The van der Waals surface area contributed by atoms with Crippen LogP contribution < -0.4 is 5.32 Å². The van der Waals surface area contributed by atoms with Crippen molar-refractivity contribution in [3.63, 3.8) is 0 Å². The van der Waals surface area contributed by atoms with E-state index < -0.39 is 0 Å². The first kappa shape index (κ1) is 12.1. The van der Waals surface area contributed by atoms with Gasteiger partial charge in [0.2, 0.25) is 0 Å². The van der Waals surface area contributed by atoms with E-state index in [1.54, 1.807) is 19.1 Å². The van der Waals surface area contributed by atoms with Crippen LogP contribution in [0.3, 0.4) is 0 Å². The molecule has 88 valence electrons. The summed E-state index contributed by atoms with van der Waals surface area (Å²) in [6, 6.07) is 3.34. The first-order valence-corrected chi connectivity index (χ1v) is 5.91. The van der Waals surface area contributed by atoms with Crippen LogP contribution in [-0.2, 0) is 0 Å². The number of carbonyl (C=O) groups is 1. The molecule has 1 amide bonds. The van der Waals surface area contributed by atoms with Gasteiger partial charge in [-0.3, -0.25) is 4.79 Å². The van der Waals surface area contributed by atoms with E-state index in [1.165, 1.54) is 12.5 Å². The fraction of sp³-hybridized carbons (Fsp3) is 0.0909. The van der Waals surface area contributed by atoms with Crippen molar-refractivity contribution in [3.05, 3.63) is 45.5 Å². The molecule has 2 aromatic rings. The predicted octanol–water partition coefficient (Wildman–Crippen LogP) is 3.65. The maximum Gasteiger partial charge on any atom is 0.258 e. The fourth-order valence-electron chi connectivity index (χ4n) is 1.26. The number of aromatic nitrogens is 1. The Labute approximate surface area is 111 Å². The lowest BCUT2D eigenvalue weighted by Gasteiger charge is -2.03. The van der Waals surface area contributed by atoms with Gasteiger partial charge in [-0.25, -0.2) is 4.98 Å². The van der Waals surface area contributed by atoms with E-state index in [9.17, 15) is 4.79 Å². The highest BCUT2D eigenvalue weighted by Crippen LogP contribution is 2.23. The highest BCUT2D eigenvalue weighted by atomic mass is 79.9. The topological polar surface area (TPSA) is 55.1 Å². The number of carbonyl (C=O) groups excluding carboxylic acids is 1. The van der Waals surface area contributed by atoms with Crippen LogP contribution in [0.4, 0.5) is 5.69 Å². The molecule has 1 N–H and O–H groups in total. The smallest absolute Gasteiger partial charge is 0.258 e. The SMILES string of the molecule is Cc1cc(C(=O)Nc2cnc(Cl)c(Br)c2)co1. The van der Waals surface area contributed by atoms with Gasteiger partial charge in [0, 0.05) is 0 Å². The molecule has 0 aliphatic rings. The van der Waals surface area contributed by atoms with Crippen LogP contribution in [0.5, 0.6) is 0 Å². The van der Waals surface area contributed by atoms with Crippen molar-refractivity contribution < 1.29 is 9.21 Å². The summed E-state index contributed by atoms with van der Waals surface area (Å²) in [7, 11) is 0. The van der Waals surface area contributed by atoms with Gasteiger partial charge in [-0.05, 0) is 35.0 Å². The second-order valence-electron chi connectivity index (χ2n) is 3.40. The molecule has 0 radical (unpaired) electrons. The molecule has 0 bridgehead atoms. The number of aryl methyl sites for hydroxylation is 1. The van der Waals surface area contributed by atoms with Crippen molar-refractivity contribution in [2.24, 2.45) is 0 Å². The number of halogens is 2. The minimum absolute atomic E-state index is 0.252. The van der Waals surface area contributed by atoms with E-state index in [-0.39, 0.29) is 5.91 Å². The lowest BCUT2D eigenvalue weighted by molar-refractivity contribution is 0.102. The monoisotopic (exact) mass is 314 g/mol. The van der Waals surface area contributed by atoms with Crippen LogP contribution in [0, 0.1) is 6.92 Å². The molecule has 0 aliphatic carbocycles. The van der Waals surface area contributed by atoms with E-state index in [4.69, 9.17) is 16.0 Å². The van der Waals surface area contributed by atoms with Crippen LogP contribution in [-0.4, -0.2) is 10.9 Å². The van der Waals surface area contributed by atoms with Crippen molar-refractivity contribution >= 4 is 39.1 Å². The molecule has 17 heavy (non-hydrogen) atoms. The van der Waals surface area contributed by atoms with Crippen LogP contribution >= 0.6 is 27.5 Å². The Hall–Kier alpha value is -1.33. The van der Waals surface area contributed by atoms with Crippen molar-refractivity contribution in [3.8, 4) is 0 Å². The van der Waals surface area contributed by atoms with Gasteiger partial charge in [0.05, 0.1) is 21.9 Å². The molecule has 0 fully saturated rings. The van der Waals surface area contributed by atoms with Gasteiger partial charge in [0.1, 0.15) is 17.2 Å². The number of nitrogens with zero attached hydrogens (tertiary/aromatic N) is 1. The first-order valence-electron chi connectivity index (χ1n) is 4.74. The highest BCUT2D eigenvalue weighted by molar-refractivity contribution is 9.10. The van der Waals surface area contributed by atoms with E-state index in [0.717, 1.165) is 0 Å². The fourth-order valence-corrected chi connectivity index (χ4v) is 1.71. The number of nitrogens with one attached hydrogen (secondary N) is 1. The third-order valence-electron chi connectivity index (χ3n) is 2.05. The number of hydrogen-bond acceptors (Lipinski definition) is 3. The standard InChI is InChI=1S/C11H8BrClN2O2/c1-6-2-7(5-17-6)11(16)15-8-3-9(12)10(13)14-4-8/h2-5H,1H3,(H,15,16). The third-order valence-corrected chi connectivity index (χ3v) is 3.18. The summed E-state index contributed by atoms with van der Waals surface area (Å²) in [6.45, 7) is 1.78. The van der Waals surface area contributed by atoms with Gasteiger partial charge in [-0.2, -0.15) is 0 Å². The quantitative estimate of drug-likeness (QED) is 0.861. The Bertz CT molecular complexity index is 568. The molecule has 0 unspecified atom stereocenters. The maximum atomic E-state index is 11.8. The molecule has 0 saturated carbocycles. The molecule has 2 rings (SSSR count). The minimum Gasteiger partial charge on any atom is -0.469 e. The van der Waals surface area contributed by atoms with Crippen molar-refractivity contribution in [2.75, 3.05) is 5.32 Å². The summed E-state index contributed by atoms with van der Waals surface area (Å²) in [5, 5.41) is 3.04. The summed E-state index contributed by atoms with van der Waals surface area (Å²) in [5.41, 5.74) is 1.03. The average Bonchev–Trinajstić information content (AvgIpc) is 2.70. The summed E-state index contributed by atoms with van der Waals surface area (Å²) >= 11 is 8.98. The number of furan rings is 1. The minimum atomic E-state index is -0.252. The summed E-state index contributed by atoms with van der Waals surface area (Å²) in [4.78, 5) is 15.7. The zero-order chi connectivity index (χ0) is 12.4. The normalized spacial score (nSPS) is 10.3. The second kappa shape index (κ2) is 4.89.